The summed E-state index contributed by atoms with van der Waals surface area (Å²) in [5.74, 6) is 2.27. The van der Waals surface area contributed by atoms with Crippen LogP contribution in [0.25, 0.3) is 0 Å². The summed E-state index contributed by atoms with van der Waals surface area (Å²) in [6, 6.07) is 8.08. The minimum absolute atomic E-state index is 0.120. The average molecular weight is 403 g/mol. The van der Waals surface area contributed by atoms with Gasteiger partial charge in [-0.25, -0.2) is 0 Å². The van der Waals surface area contributed by atoms with Crippen molar-refractivity contribution in [3.63, 3.8) is 0 Å². The van der Waals surface area contributed by atoms with Gasteiger partial charge in [0.25, 0.3) is 0 Å². The number of hydrogen-bond donors (Lipinski definition) is 2. The zero-order chi connectivity index (χ0) is 21.1. The van der Waals surface area contributed by atoms with E-state index in [2.05, 4.69) is 47.7 Å². The Balaban J connectivity index is 2.01. The van der Waals surface area contributed by atoms with E-state index in [0.29, 0.717) is 6.54 Å². The molecule has 1 heterocycles. The first-order chi connectivity index (χ1) is 14.1. The number of guanidine groups is 1. The van der Waals surface area contributed by atoms with E-state index < -0.39 is 0 Å². The Kier molecular flexibility index (Phi) is 9.30. The van der Waals surface area contributed by atoms with E-state index in [1.165, 1.54) is 0 Å². The lowest BCUT2D eigenvalue weighted by Crippen LogP contribution is -2.38. The third-order valence-electron chi connectivity index (χ3n) is 4.60. The van der Waals surface area contributed by atoms with Gasteiger partial charge in [-0.1, -0.05) is 6.07 Å². The standard InChI is InChI=1S/C21H34N6O2/c1-6-22-21(23-11-7-13-27-14-8-12-25-27)24-16-18(26(2)3)17-9-10-19(28-4)20(15-17)29-5/h8-10,12,14-15,18H,6-7,11,13,16H2,1-5H3,(H2,22,23,24). The highest BCUT2D eigenvalue weighted by Gasteiger charge is 2.16. The van der Waals surface area contributed by atoms with E-state index in [4.69, 9.17) is 14.5 Å². The van der Waals surface area contributed by atoms with Gasteiger partial charge in [0.2, 0.25) is 0 Å². The molecule has 1 unspecified atom stereocenters. The Morgan fingerprint density at radius 1 is 1.21 bits per heavy atom. The van der Waals surface area contributed by atoms with Crippen LogP contribution in [-0.4, -0.2) is 68.6 Å². The van der Waals surface area contributed by atoms with Crippen LogP contribution in [0.2, 0.25) is 0 Å². The lowest BCUT2D eigenvalue weighted by Gasteiger charge is -2.24. The molecule has 1 atom stereocenters. The van der Waals surface area contributed by atoms with Crippen LogP contribution in [0.15, 0.2) is 41.7 Å². The molecule has 0 saturated carbocycles. The van der Waals surface area contributed by atoms with Crippen LogP contribution in [0.4, 0.5) is 0 Å². The van der Waals surface area contributed by atoms with Crippen molar-refractivity contribution in [2.45, 2.75) is 25.9 Å². The number of aryl methyl sites for hydroxylation is 1. The van der Waals surface area contributed by atoms with Gasteiger partial charge in [0.1, 0.15) is 0 Å². The van der Waals surface area contributed by atoms with Crippen molar-refractivity contribution in [2.24, 2.45) is 4.99 Å². The van der Waals surface area contributed by atoms with E-state index in [1.807, 2.05) is 29.1 Å². The Morgan fingerprint density at radius 2 is 2.00 bits per heavy atom. The van der Waals surface area contributed by atoms with Crippen molar-refractivity contribution in [3.05, 3.63) is 42.2 Å². The Bertz CT molecular complexity index is 746. The summed E-state index contributed by atoms with van der Waals surface area (Å²) >= 11 is 0. The Labute approximate surface area is 173 Å². The van der Waals surface area contributed by atoms with Crippen LogP contribution in [0.3, 0.4) is 0 Å². The van der Waals surface area contributed by atoms with Crippen LogP contribution < -0.4 is 20.1 Å². The smallest absolute Gasteiger partial charge is 0.191 e. The van der Waals surface area contributed by atoms with E-state index in [1.54, 1.807) is 20.4 Å². The Morgan fingerprint density at radius 3 is 2.62 bits per heavy atom. The minimum atomic E-state index is 0.120. The third-order valence-corrected chi connectivity index (χ3v) is 4.60. The number of ether oxygens (including phenoxy) is 2. The molecule has 0 saturated heterocycles. The molecular formula is C21H34N6O2. The lowest BCUT2D eigenvalue weighted by atomic mass is 10.1. The quantitative estimate of drug-likeness (QED) is 0.341. The van der Waals surface area contributed by atoms with Gasteiger partial charge in [-0.2, -0.15) is 5.10 Å². The van der Waals surface area contributed by atoms with E-state index >= 15 is 0 Å². The normalized spacial score (nSPS) is 12.7. The molecule has 0 aliphatic carbocycles. The fourth-order valence-corrected chi connectivity index (χ4v) is 3.03. The van der Waals surface area contributed by atoms with Gasteiger partial charge < -0.3 is 25.0 Å². The molecule has 0 bridgehead atoms. The molecule has 2 aromatic rings. The van der Waals surface area contributed by atoms with Crippen molar-refractivity contribution in [3.8, 4) is 11.5 Å². The molecule has 29 heavy (non-hydrogen) atoms. The van der Waals surface area contributed by atoms with Crippen LogP contribution in [-0.2, 0) is 6.54 Å². The van der Waals surface area contributed by atoms with E-state index in [-0.39, 0.29) is 6.04 Å². The molecule has 1 aromatic heterocycles. The molecule has 0 fully saturated rings. The highest BCUT2D eigenvalue weighted by atomic mass is 16.5. The molecule has 1 aromatic carbocycles. The molecular weight excluding hydrogens is 368 g/mol. The maximum atomic E-state index is 5.46. The molecule has 0 spiro atoms. The molecule has 2 rings (SSSR count). The van der Waals surface area contributed by atoms with Gasteiger partial charge in [-0.05, 0) is 51.2 Å². The van der Waals surface area contributed by atoms with Crippen molar-refractivity contribution >= 4 is 5.96 Å². The first-order valence-electron chi connectivity index (χ1n) is 9.97. The van der Waals surface area contributed by atoms with Crippen LogP contribution >= 0.6 is 0 Å². The predicted octanol–water partition coefficient (Wildman–Crippen LogP) is 2.15. The minimum Gasteiger partial charge on any atom is -0.493 e. The molecule has 160 valence electrons. The second kappa shape index (κ2) is 12.0. The number of aliphatic imine (C=N–C) groups is 1. The molecule has 8 nitrogen and oxygen atoms in total. The molecule has 2 N–H and O–H groups in total. The molecule has 8 heteroatoms. The van der Waals surface area contributed by atoms with Gasteiger partial charge in [-0.15, -0.1) is 0 Å². The Hall–Kier alpha value is -2.74. The fraction of sp³-hybridized carbons (Fsp3) is 0.524. The maximum Gasteiger partial charge on any atom is 0.191 e. The van der Waals surface area contributed by atoms with Gasteiger partial charge >= 0.3 is 0 Å². The molecule has 0 amide bonds. The summed E-state index contributed by atoms with van der Waals surface area (Å²) in [5.41, 5.74) is 1.13. The number of methoxy groups -OCH3 is 2. The second-order valence-corrected chi connectivity index (χ2v) is 6.86. The summed E-state index contributed by atoms with van der Waals surface area (Å²) in [6.45, 7) is 5.21. The van der Waals surface area contributed by atoms with Crippen LogP contribution in [0.5, 0.6) is 11.5 Å². The monoisotopic (exact) mass is 402 g/mol. The number of hydrogen-bond acceptors (Lipinski definition) is 5. The number of nitrogens with one attached hydrogen (secondary N) is 2. The van der Waals surface area contributed by atoms with Gasteiger partial charge in [0, 0.05) is 32.0 Å². The number of nitrogens with zero attached hydrogens (tertiary/aromatic N) is 4. The summed E-state index contributed by atoms with van der Waals surface area (Å²) in [7, 11) is 7.41. The van der Waals surface area contributed by atoms with Gasteiger partial charge in [-0.3, -0.25) is 9.67 Å². The van der Waals surface area contributed by atoms with Crippen molar-refractivity contribution in [1.29, 1.82) is 0 Å². The predicted molar refractivity (Wildman–Crippen MR) is 117 cm³/mol. The fourth-order valence-electron chi connectivity index (χ4n) is 3.03. The highest BCUT2D eigenvalue weighted by Crippen LogP contribution is 2.31. The van der Waals surface area contributed by atoms with Gasteiger partial charge in [0.15, 0.2) is 17.5 Å². The van der Waals surface area contributed by atoms with Crippen molar-refractivity contribution < 1.29 is 9.47 Å². The largest absolute Gasteiger partial charge is 0.493 e. The number of rotatable bonds is 11. The van der Waals surface area contributed by atoms with Crippen molar-refractivity contribution in [1.82, 2.24) is 25.3 Å². The lowest BCUT2D eigenvalue weighted by molar-refractivity contribution is 0.303. The van der Waals surface area contributed by atoms with E-state index in [9.17, 15) is 0 Å². The second-order valence-electron chi connectivity index (χ2n) is 6.86. The summed E-state index contributed by atoms with van der Waals surface area (Å²) in [6.07, 6.45) is 4.75. The summed E-state index contributed by atoms with van der Waals surface area (Å²) in [5, 5.41) is 10.9. The topological polar surface area (TPSA) is 75.9 Å². The average Bonchev–Trinajstić information content (AvgIpc) is 3.24. The first-order valence-corrected chi connectivity index (χ1v) is 9.97. The number of benzene rings is 1. The van der Waals surface area contributed by atoms with Crippen LogP contribution in [0.1, 0.15) is 24.9 Å². The molecule has 0 aliphatic heterocycles. The van der Waals surface area contributed by atoms with E-state index in [0.717, 1.165) is 49.1 Å². The number of aromatic nitrogens is 2. The zero-order valence-electron chi connectivity index (χ0n) is 18.2. The van der Waals surface area contributed by atoms with Crippen LogP contribution in [0, 0.1) is 0 Å². The maximum absolute atomic E-state index is 5.46. The molecule has 0 radical (unpaired) electrons. The third kappa shape index (κ3) is 6.98. The van der Waals surface area contributed by atoms with Crippen molar-refractivity contribution in [2.75, 3.05) is 47.9 Å². The zero-order valence-corrected chi connectivity index (χ0v) is 18.2. The SMILES string of the molecule is CCNC(=NCC(c1ccc(OC)c(OC)c1)N(C)C)NCCCn1cccn1. The summed E-state index contributed by atoms with van der Waals surface area (Å²) in [4.78, 5) is 6.96. The molecule has 0 aliphatic rings. The number of likely N-dealkylation sites (N-methyl/N-ethyl adjacent to an activating group) is 1. The van der Waals surface area contributed by atoms with Gasteiger partial charge in [0.05, 0.1) is 26.8 Å². The first kappa shape index (κ1) is 22.5. The summed E-state index contributed by atoms with van der Waals surface area (Å²) < 4.78 is 12.7. The highest BCUT2D eigenvalue weighted by molar-refractivity contribution is 5.79.